The lowest BCUT2D eigenvalue weighted by molar-refractivity contribution is -0.138. The van der Waals surface area contributed by atoms with Gasteiger partial charge in [-0.3, -0.25) is 4.79 Å². The molecule has 2 amide bonds. The van der Waals surface area contributed by atoms with Crippen LogP contribution in [-0.2, 0) is 11.2 Å². The molecule has 0 aliphatic heterocycles. The monoisotopic (exact) mass is 266 g/mol. The van der Waals surface area contributed by atoms with Crippen LogP contribution in [-0.4, -0.2) is 29.9 Å². The fourth-order valence-electron chi connectivity index (χ4n) is 1.43. The minimum Gasteiger partial charge on any atom is -0.480 e. The molecule has 6 nitrogen and oxygen atoms in total. The number of carboxylic acid groups (broad SMARTS) is 1. The van der Waals surface area contributed by atoms with Crippen LogP contribution in [0.5, 0.6) is 5.75 Å². The molecule has 0 radical (unpaired) electrons. The van der Waals surface area contributed by atoms with Crippen LogP contribution in [0.4, 0.5) is 4.79 Å². The Morgan fingerprint density at radius 1 is 1.37 bits per heavy atom. The SMILES string of the molecule is CCc1ccccc1OCNC(=O)NC(C)C(=O)O. The number of carbonyl (C=O) groups excluding carboxylic acids is 1. The maximum Gasteiger partial charge on any atom is 0.325 e. The lowest BCUT2D eigenvalue weighted by Gasteiger charge is -2.13. The number of hydrogen-bond acceptors (Lipinski definition) is 3. The van der Waals surface area contributed by atoms with Crippen LogP contribution in [0.3, 0.4) is 0 Å². The number of ether oxygens (including phenoxy) is 1. The third kappa shape index (κ3) is 4.87. The molecule has 0 bridgehead atoms. The van der Waals surface area contributed by atoms with E-state index < -0.39 is 18.0 Å². The molecule has 0 spiro atoms. The van der Waals surface area contributed by atoms with E-state index in [-0.39, 0.29) is 6.73 Å². The highest BCUT2D eigenvalue weighted by Crippen LogP contribution is 2.17. The maximum atomic E-state index is 11.3. The molecule has 0 aliphatic carbocycles. The van der Waals surface area contributed by atoms with Crippen LogP contribution in [0.25, 0.3) is 0 Å². The first-order valence-corrected chi connectivity index (χ1v) is 6.02. The van der Waals surface area contributed by atoms with Gasteiger partial charge in [0.15, 0.2) is 6.73 Å². The molecule has 104 valence electrons. The van der Waals surface area contributed by atoms with Gasteiger partial charge in [-0.25, -0.2) is 4.79 Å². The van der Waals surface area contributed by atoms with Crippen molar-refractivity contribution in [3.05, 3.63) is 29.8 Å². The highest BCUT2D eigenvalue weighted by atomic mass is 16.5. The average molecular weight is 266 g/mol. The lowest BCUT2D eigenvalue weighted by atomic mass is 10.1. The molecule has 1 rings (SSSR count). The van der Waals surface area contributed by atoms with Crippen LogP contribution >= 0.6 is 0 Å². The Labute approximate surface area is 111 Å². The van der Waals surface area contributed by atoms with Crippen molar-refractivity contribution in [3.63, 3.8) is 0 Å². The average Bonchev–Trinajstić information content (AvgIpc) is 2.39. The van der Waals surface area contributed by atoms with Crippen molar-refractivity contribution in [1.82, 2.24) is 10.6 Å². The van der Waals surface area contributed by atoms with Crippen molar-refractivity contribution in [1.29, 1.82) is 0 Å². The zero-order chi connectivity index (χ0) is 14.3. The molecule has 0 heterocycles. The normalized spacial score (nSPS) is 11.5. The first kappa shape index (κ1) is 14.8. The summed E-state index contributed by atoms with van der Waals surface area (Å²) < 4.78 is 5.42. The third-order valence-electron chi connectivity index (χ3n) is 2.53. The fourth-order valence-corrected chi connectivity index (χ4v) is 1.43. The number of carbonyl (C=O) groups is 2. The van der Waals surface area contributed by atoms with E-state index in [1.54, 1.807) is 0 Å². The van der Waals surface area contributed by atoms with Crippen LogP contribution in [0.2, 0.25) is 0 Å². The van der Waals surface area contributed by atoms with E-state index in [0.29, 0.717) is 5.75 Å². The van der Waals surface area contributed by atoms with Crippen LogP contribution in [0.1, 0.15) is 19.4 Å². The van der Waals surface area contributed by atoms with Gasteiger partial charge in [0.1, 0.15) is 11.8 Å². The number of para-hydroxylation sites is 1. The highest BCUT2D eigenvalue weighted by molar-refractivity contribution is 5.81. The first-order chi connectivity index (χ1) is 9.04. The molecule has 1 aromatic rings. The number of aryl methyl sites for hydroxylation is 1. The summed E-state index contributed by atoms with van der Waals surface area (Å²) in [5.41, 5.74) is 1.05. The van der Waals surface area contributed by atoms with Gasteiger partial charge in [-0.1, -0.05) is 25.1 Å². The van der Waals surface area contributed by atoms with Gasteiger partial charge in [-0.15, -0.1) is 0 Å². The molecule has 1 unspecified atom stereocenters. The number of amides is 2. The molecule has 0 saturated heterocycles. The fraction of sp³-hybridized carbons (Fsp3) is 0.385. The molecule has 0 aromatic heterocycles. The van der Waals surface area contributed by atoms with Crippen molar-refractivity contribution >= 4 is 12.0 Å². The van der Waals surface area contributed by atoms with Gasteiger partial charge >= 0.3 is 12.0 Å². The predicted molar refractivity (Wildman–Crippen MR) is 70.1 cm³/mol. The number of hydrogen-bond donors (Lipinski definition) is 3. The quantitative estimate of drug-likeness (QED) is 0.678. The van der Waals surface area contributed by atoms with Crippen molar-refractivity contribution in [2.45, 2.75) is 26.3 Å². The molecule has 3 N–H and O–H groups in total. The molecular formula is C13H18N2O4. The summed E-state index contributed by atoms with van der Waals surface area (Å²) >= 11 is 0. The number of nitrogens with one attached hydrogen (secondary N) is 2. The highest BCUT2D eigenvalue weighted by Gasteiger charge is 2.13. The Morgan fingerprint density at radius 2 is 2.05 bits per heavy atom. The van der Waals surface area contributed by atoms with Crippen molar-refractivity contribution in [2.75, 3.05) is 6.73 Å². The second-order valence-corrected chi connectivity index (χ2v) is 3.96. The number of carboxylic acids is 1. The Kier molecular flexibility index (Phi) is 5.66. The van der Waals surface area contributed by atoms with Crippen LogP contribution in [0, 0.1) is 0 Å². The summed E-state index contributed by atoms with van der Waals surface area (Å²) in [5.74, 6) is -0.385. The number of urea groups is 1. The molecule has 0 saturated carbocycles. The minimum absolute atomic E-state index is 0.0187. The zero-order valence-electron chi connectivity index (χ0n) is 11.0. The Balaban J connectivity index is 2.38. The minimum atomic E-state index is -1.09. The summed E-state index contributed by atoms with van der Waals surface area (Å²) in [5, 5.41) is 13.3. The van der Waals surface area contributed by atoms with E-state index in [4.69, 9.17) is 9.84 Å². The van der Waals surface area contributed by atoms with Crippen LogP contribution in [0.15, 0.2) is 24.3 Å². The number of rotatable bonds is 6. The Bertz CT molecular complexity index is 448. The molecule has 19 heavy (non-hydrogen) atoms. The Hall–Kier alpha value is -2.24. The summed E-state index contributed by atoms with van der Waals surface area (Å²) in [4.78, 5) is 21.9. The summed E-state index contributed by atoms with van der Waals surface area (Å²) in [7, 11) is 0. The standard InChI is InChI=1S/C13H18N2O4/c1-3-10-6-4-5-7-11(10)19-8-14-13(18)15-9(2)12(16)17/h4-7,9H,3,8H2,1-2H3,(H,16,17)(H2,14,15,18). The summed E-state index contributed by atoms with van der Waals surface area (Å²) in [6.07, 6.45) is 0.832. The van der Waals surface area contributed by atoms with Gasteiger partial charge in [-0.05, 0) is 25.0 Å². The topological polar surface area (TPSA) is 87.7 Å². The van der Waals surface area contributed by atoms with E-state index >= 15 is 0 Å². The number of benzene rings is 1. The van der Waals surface area contributed by atoms with Crippen LogP contribution < -0.4 is 15.4 Å². The van der Waals surface area contributed by atoms with E-state index in [9.17, 15) is 9.59 Å². The van der Waals surface area contributed by atoms with Gasteiger partial charge < -0.3 is 20.5 Å². The van der Waals surface area contributed by atoms with Gasteiger partial charge in [0.05, 0.1) is 0 Å². The molecule has 1 atom stereocenters. The molecule has 0 fully saturated rings. The van der Waals surface area contributed by atoms with Gasteiger partial charge in [0.25, 0.3) is 0 Å². The molecule has 0 aliphatic rings. The smallest absolute Gasteiger partial charge is 0.325 e. The van der Waals surface area contributed by atoms with Crippen molar-refractivity contribution < 1.29 is 19.4 Å². The maximum absolute atomic E-state index is 11.3. The largest absolute Gasteiger partial charge is 0.480 e. The first-order valence-electron chi connectivity index (χ1n) is 6.02. The summed E-state index contributed by atoms with van der Waals surface area (Å²) in [6.45, 7) is 3.38. The van der Waals surface area contributed by atoms with Crippen molar-refractivity contribution in [3.8, 4) is 5.75 Å². The van der Waals surface area contributed by atoms with E-state index in [2.05, 4.69) is 10.6 Å². The van der Waals surface area contributed by atoms with Gasteiger partial charge in [0, 0.05) is 0 Å². The predicted octanol–water partition coefficient (Wildman–Crippen LogP) is 1.36. The zero-order valence-corrected chi connectivity index (χ0v) is 11.0. The lowest BCUT2D eigenvalue weighted by Crippen LogP contribution is -2.45. The van der Waals surface area contributed by atoms with E-state index in [1.807, 2.05) is 31.2 Å². The Morgan fingerprint density at radius 3 is 2.68 bits per heavy atom. The van der Waals surface area contributed by atoms with Gasteiger partial charge in [-0.2, -0.15) is 0 Å². The second-order valence-electron chi connectivity index (χ2n) is 3.96. The van der Waals surface area contributed by atoms with Gasteiger partial charge in [0.2, 0.25) is 0 Å². The summed E-state index contributed by atoms with van der Waals surface area (Å²) in [6, 6.07) is 6.01. The molecular weight excluding hydrogens is 248 g/mol. The van der Waals surface area contributed by atoms with E-state index in [0.717, 1.165) is 12.0 Å². The number of aliphatic carboxylic acids is 1. The third-order valence-corrected chi connectivity index (χ3v) is 2.53. The van der Waals surface area contributed by atoms with Crippen molar-refractivity contribution in [2.24, 2.45) is 0 Å². The van der Waals surface area contributed by atoms with E-state index in [1.165, 1.54) is 6.92 Å². The molecule has 1 aromatic carbocycles. The second kappa shape index (κ2) is 7.25. The molecule has 6 heteroatoms.